The number of aromatic carboxylic acids is 1. The Morgan fingerprint density at radius 1 is 1.29 bits per heavy atom. The van der Waals surface area contributed by atoms with Crippen molar-refractivity contribution in [3.05, 3.63) is 36.0 Å². The monoisotopic (exact) mass is 188 g/mol. The number of hydrogen-bond acceptors (Lipinski definition) is 3. The molecule has 0 saturated heterocycles. The Labute approximate surface area is 80.0 Å². The average Bonchev–Trinajstić information content (AvgIpc) is 2.17. The van der Waals surface area contributed by atoms with Crippen LogP contribution in [0.15, 0.2) is 30.3 Å². The molecule has 14 heavy (non-hydrogen) atoms. The number of aromatic nitrogens is 1. The van der Waals surface area contributed by atoms with Crippen molar-refractivity contribution < 1.29 is 9.90 Å². The van der Waals surface area contributed by atoms with Gasteiger partial charge >= 0.3 is 5.97 Å². The molecule has 0 amide bonds. The molecule has 0 bridgehead atoms. The lowest BCUT2D eigenvalue weighted by Crippen LogP contribution is -2.00. The van der Waals surface area contributed by atoms with Crippen molar-refractivity contribution in [1.29, 1.82) is 0 Å². The minimum Gasteiger partial charge on any atom is -0.477 e. The lowest BCUT2D eigenvalue weighted by atomic mass is 10.1. The van der Waals surface area contributed by atoms with E-state index in [1.54, 1.807) is 24.3 Å². The molecule has 2 aromatic rings. The summed E-state index contributed by atoms with van der Waals surface area (Å²) in [4.78, 5) is 14.6. The van der Waals surface area contributed by atoms with Gasteiger partial charge in [0.15, 0.2) is 0 Å². The highest BCUT2D eigenvalue weighted by Gasteiger charge is 2.05. The van der Waals surface area contributed by atoms with Crippen LogP contribution in [-0.4, -0.2) is 16.1 Å². The van der Waals surface area contributed by atoms with E-state index in [1.165, 1.54) is 6.07 Å². The first-order chi connectivity index (χ1) is 6.68. The summed E-state index contributed by atoms with van der Waals surface area (Å²) >= 11 is 0. The van der Waals surface area contributed by atoms with Gasteiger partial charge in [-0.3, -0.25) is 0 Å². The van der Waals surface area contributed by atoms with Gasteiger partial charge in [0.25, 0.3) is 0 Å². The van der Waals surface area contributed by atoms with E-state index in [-0.39, 0.29) is 5.69 Å². The highest BCUT2D eigenvalue weighted by atomic mass is 16.4. The number of rotatable bonds is 1. The van der Waals surface area contributed by atoms with Crippen LogP contribution >= 0.6 is 0 Å². The third-order valence-corrected chi connectivity index (χ3v) is 1.98. The second-order valence-corrected chi connectivity index (χ2v) is 2.92. The fourth-order valence-corrected chi connectivity index (χ4v) is 1.30. The molecule has 0 spiro atoms. The molecule has 1 aromatic heterocycles. The number of hydrogen-bond donors (Lipinski definition) is 2. The van der Waals surface area contributed by atoms with Crippen LogP contribution in [0, 0.1) is 0 Å². The van der Waals surface area contributed by atoms with Crippen LogP contribution in [0.25, 0.3) is 10.9 Å². The Kier molecular flexibility index (Phi) is 1.81. The summed E-state index contributed by atoms with van der Waals surface area (Å²) in [5.41, 5.74) is 6.93. The van der Waals surface area contributed by atoms with Gasteiger partial charge in [-0.05, 0) is 24.3 Å². The zero-order valence-electron chi connectivity index (χ0n) is 7.27. The molecular formula is C10H8N2O2. The summed E-state index contributed by atoms with van der Waals surface area (Å²) in [6, 6.07) is 8.35. The highest BCUT2D eigenvalue weighted by molar-refractivity contribution is 5.94. The van der Waals surface area contributed by atoms with Crippen molar-refractivity contribution in [2.45, 2.75) is 0 Å². The fourth-order valence-electron chi connectivity index (χ4n) is 1.30. The molecule has 1 heterocycles. The van der Waals surface area contributed by atoms with Crippen LogP contribution in [0.1, 0.15) is 10.5 Å². The Morgan fingerprint density at radius 3 is 2.79 bits per heavy atom. The summed E-state index contributed by atoms with van der Waals surface area (Å²) in [6.07, 6.45) is 0. The standard InChI is InChI=1S/C10H8N2O2/c11-7-2-1-3-8-6(7)4-5-9(12-8)10(13)14/h1-5H,11H2,(H,13,14). The lowest BCUT2D eigenvalue weighted by Gasteiger charge is -2.01. The van der Waals surface area contributed by atoms with E-state index in [1.807, 2.05) is 0 Å². The van der Waals surface area contributed by atoms with E-state index >= 15 is 0 Å². The molecule has 2 rings (SSSR count). The van der Waals surface area contributed by atoms with Crippen molar-refractivity contribution >= 4 is 22.6 Å². The summed E-state index contributed by atoms with van der Waals surface area (Å²) in [7, 11) is 0. The Hall–Kier alpha value is -2.10. The maximum absolute atomic E-state index is 10.6. The summed E-state index contributed by atoms with van der Waals surface area (Å²) in [6.45, 7) is 0. The smallest absolute Gasteiger partial charge is 0.354 e. The molecule has 0 aliphatic carbocycles. The minimum atomic E-state index is -1.03. The Morgan fingerprint density at radius 2 is 2.07 bits per heavy atom. The molecule has 0 unspecified atom stereocenters. The SMILES string of the molecule is Nc1cccc2nc(C(=O)O)ccc12. The van der Waals surface area contributed by atoms with E-state index in [9.17, 15) is 4.79 Å². The normalized spacial score (nSPS) is 10.3. The van der Waals surface area contributed by atoms with Gasteiger partial charge in [-0.2, -0.15) is 0 Å². The molecular weight excluding hydrogens is 180 g/mol. The molecule has 0 atom stereocenters. The molecule has 0 aliphatic rings. The first-order valence-electron chi connectivity index (χ1n) is 4.07. The van der Waals surface area contributed by atoms with Crippen LogP contribution in [0.3, 0.4) is 0 Å². The molecule has 0 aliphatic heterocycles. The predicted molar refractivity (Wildman–Crippen MR) is 53.1 cm³/mol. The molecule has 0 fully saturated rings. The number of nitrogen functional groups attached to an aromatic ring is 1. The minimum absolute atomic E-state index is 0.0306. The Bertz CT molecular complexity index is 508. The largest absolute Gasteiger partial charge is 0.477 e. The number of nitrogens with two attached hydrogens (primary N) is 1. The molecule has 4 nitrogen and oxygen atoms in total. The van der Waals surface area contributed by atoms with Crippen molar-refractivity contribution in [3.8, 4) is 0 Å². The molecule has 0 saturated carbocycles. The third kappa shape index (κ3) is 1.26. The number of carboxylic acid groups (broad SMARTS) is 1. The van der Waals surface area contributed by atoms with E-state index in [4.69, 9.17) is 10.8 Å². The Balaban J connectivity index is 2.73. The van der Waals surface area contributed by atoms with Gasteiger partial charge in [0.2, 0.25) is 0 Å². The highest BCUT2D eigenvalue weighted by Crippen LogP contribution is 2.18. The van der Waals surface area contributed by atoms with E-state index in [0.717, 1.165) is 5.39 Å². The van der Waals surface area contributed by atoms with E-state index in [2.05, 4.69) is 4.98 Å². The van der Waals surface area contributed by atoms with Gasteiger partial charge in [0, 0.05) is 11.1 Å². The molecule has 0 radical (unpaired) electrons. The number of carbonyl (C=O) groups is 1. The predicted octanol–water partition coefficient (Wildman–Crippen LogP) is 1.52. The number of carboxylic acids is 1. The average molecular weight is 188 g/mol. The van der Waals surface area contributed by atoms with Crippen LogP contribution in [0.2, 0.25) is 0 Å². The zero-order valence-corrected chi connectivity index (χ0v) is 7.27. The van der Waals surface area contributed by atoms with E-state index < -0.39 is 5.97 Å². The quantitative estimate of drug-likeness (QED) is 0.665. The molecule has 3 N–H and O–H groups in total. The van der Waals surface area contributed by atoms with Crippen LogP contribution in [0.5, 0.6) is 0 Å². The van der Waals surface area contributed by atoms with Gasteiger partial charge in [0.05, 0.1) is 5.52 Å². The maximum Gasteiger partial charge on any atom is 0.354 e. The van der Waals surface area contributed by atoms with Gasteiger partial charge in [-0.1, -0.05) is 6.07 Å². The fraction of sp³-hybridized carbons (Fsp3) is 0. The second-order valence-electron chi connectivity index (χ2n) is 2.92. The van der Waals surface area contributed by atoms with Crippen molar-refractivity contribution in [2.24, 2.45) is 0 Å². The summed E-state index contributed by atoms with van der Waals surface area (Å²) in [5.74, 6) is -1.03. The number of anilines is 1. The van der Waals surface area contributed by atoms with E-state index in [0.29, 0.717) is 11.2 Å². The van der Waals surface area contributed by atoms with Crippen molar-refractivity contribution in [3.63, 3.8) is 0 Å². The number of fused-ring (bicyclic) bond motifs is 1. The first kappa shape index (κ1) is 8.50. The maximum atomic E-state index is 10.6. The third-order valence-electron chi connectivity index (χ3n) is 1.98. The topological polar surface area (TPSA) is 76.2 Å². The second kappa shape index (κ2) is 2.99. The first-order valence-corrected chi connectivity index (χ1v) is 4.07. The van der Waals surface area contributed by atoms with Gasteiger partial charge in [-0.15, -0.1) is 0 Å². The molecule has 4 heteroatoms. The van der Waals surface area contributed by atoms with Crippen molar-refractivity contribution in [2.75, 3.05) is 5.73 Å². The summed E-state index contributed by atoms with van der Waals surface area (Å²) < 4.78 is 0. The molecule has 70 valence electrons. The zero-order chi connectivity index (χ0) is 10.1. The van der Waals surface area contributed by atoms with Gasteiger partial charge < -0.3 is 10.8 Å². The van der Waals surface area contributed by atoms with Gasteiger partial charge in [0.1, 0.15) is 5.69 Å². The number of pyridine rings is 1. The van der Waals surface area contributed by atoms with Crippen LogP contribution in [-0.2, 0) is 0 Å². The van der Waals surface area contributed by atoms with Crippen LogP contribution < -0.4 is 5.73 Å². The van der Waals surface area contributed by atoms with Gasteiger partial charge in [-0.25, -0.2) is 9.78 Å². The van der Waals surface area contributed by atoms with Crippen LogP contribution in [0.4, 0.5) is 5.69 Å². The number of nitrogens with zero attached hydrogens (tertiary/aromatic N) is 1. The lowest BCUT2D eigenvalue weighted by molar-refractivity contribution is 0.0691. The summed E-state index contributed by atoms with van der Waals surface area (Å²) in [5, 5.41) is 9.50. The molecule has 1 aromatic carbocycles. The van der Waals surface area contributed by atoms with Crippen molar-refractivity contribution in [1.82, 2.24) is 4.98 Å². The number of benzene rings is 1.